The number of aryl methyl sites for hydroxylation is 1. The highest BCUT2D eigenvalue weighted by Crippen LogP contribution is 2.53. The van der Waals surface area contributed by atoms with Gasteiger partial charge in [-0.05, 0) is 25.0 Å². The molecule has 2 aliphatic rings. The van der Waals surface area contributed by atoms with E-state index in [0.29, 0.717) is 11.6 Å². The zero-order valence-corrected chi connectivity index (χ0v) is 12.1. The van der Waals surface area contributed by atoms with Gasteiger partial charge >= 0.3 is 0 Å². The molecular weight excluding hydrogens is 256 g/mol. The minimum Gasteiger partial charge on any atom is -0.377 e. The summed E-state index contributed by atoms with van der Waals surface area (Å²) in [6, 6.07) is 5.44. The van der Waals surface area contributed by atoms with E-state index >= 15 is 0 Å². The van der Waals surface area contributed by atoms with Crippen LogP contribution in [0.4, 0.5) is 11.4 Å². The summed E-state index contributed by atoms with van der Waals surface area (Å²) in [7, 11) is 0. The smallest absolute Gasteiger partial charge is 0.292 e. The van der Waals surface area contributed by atoms with Crippen LogP contribution in [0.1, 0.15) is 25.8 Å². The van der Waals surface area contributed by atoms with Gasteiger partial charge in [-0.3, -0.25) is 10.1 Å². The van der Waals surface area contributed by atoms with E-state index in [4.69, 9.17) is 4.74 Å². The number of benzene rings is 1. The Morgan fingerprint density at radius 2 is 2.20 bits per heavy atom. The molecule has 1 saturated carbocycles. The zero-order valence-electron chi connectivity index (χ0n) is 12.1. The average molecular weight is 276 g/mol. The number of nitrogens with one attached hydrogen (secondary N) is 1. The first kappa shape index (κ1) is 13.4. The second kappa shape index (κ2) is 4.45. The number of ether oxygens (including phenoxy) is 1. The lowest BCUT2D eigenvalue weighted by Gasteiger charge is -2.54. The molecule has 0 amide bonds. The largest absolute Gasteiger partial charge is 0.377 e. The van der Waals surface area contributed by atoms with Crippen molar-refractivity contribution in [2.45, 2.75) is 39.3 Å². The molecule has 1 N–H and O–H groups in total. The number of nitro benzene ring substituents is 1. The molecule has 5 heteroatoms. The Morgan fingerprint density at radius 3 is 2.90 bits per heavy atom. The summed E-state index contributed by atoms with van der Waals surface area (Å²) in [4.78, 5) is 10.8. The molecule has 1 aromatic carbocycles. The van der Waals surface area contributed by atoms with E-state index in [1.54, 1.807) is 12.1 Å². The fourth-order valence-corrected chi connectivity index (χ4v) is 3.71. The standard InChI is InChI=1S/C15H20N2O3/c1-9-4-5-12(17(18)19)11(8-9)16-13-10-6-7-20-14(10)15(13,2)3/h4-5,8,10,13-14,16H,6-7H2,1-3H3. The quantitative estimate of drug-likeness (QED) is 0.680. The molecule has 1 saturated heterocycles. The Morgan fingerprint density at radius 1 is 1.45 bits per heavy atom. The number of fused-ring (bicyclic) bond motifs is 1. The molecule has 1 heterocycles. The normalized spacial score (nSPS) is 30.4. The Balaban J connectivity index is 1.88. The van der Waals surface area contributed by atoms with Gasteiger partial charge in [0.1, 0.15) is 5.69 Å². The molecule has 0 spiro atoms. The lowest BCUT2D eigenvalue weighted by atomic mass is 9.57. The van der Waals surface area contributed by atoms with Crippen molar-refractivity contribution >= 4 is 11.4 Å². The van der Waals surface area contributed by atoms with Crippen molar-refractivity contribution in [3.05, 3.63) is 33.9 Å². The first-order valence-electron chi connectivity index (χ1n) is 7.04. The summed E-state index contributed by atoms with van der Waals surface area (Å²) in [6.45, 7) is 7.08. The van der Waals surface area contributed by atoms with E-state index in [0.717, 1.165) is 18.6 Å². The topological polar surface area (TPSA) is 64.4 Å². The van der Waals surface area contributed by atoms with Gasteiger partial charge in [-0.15, -0.1) is 0 Å². The molecule has 1 aliphatic heterocycles. The number of hydrogen-bond acceptors (Lipinski definition) is 4. The third kappa shape index (κ3) is 1.88. The second-order valence-electron chi connectivity index (χ2n) is 6.47. The molecule has 3 atom stereocenters. The van der Waals surface area contributed by atoms with Gasteiger partial charge in [-0.1, -0.05) is 19.9 Å². The molecule has 0 aromatic heterocycles. The first-order valence-corrected chi connectivity index (χ1v) is 7.04. The predicted molar refractivity (Wildman–Crippen MR) is 76.9 cm³/mol. The SMILES string of the molecule is Cc1ccc([N+](=O)[O-])c(NC2C3CCOC3C2(C)C)c1. The lowest BCUT2D eigenvalue weighted by molar-refractivity contribution is -0.384. The van der Waals surface area contributed by atoms with Crippen molar-refractivity contribution < 1.29 is 9.66 Å². The van der Waals surface area contributed by atoms with Crippen molar-refractivity contribution in [3.63, 3.8) is 0 Å². The number of hydrogen-bond donors (Lipinski definition) is 1. The van der Waals surface area contributed by atoms with Crippen LogP contribution >= 0.6 is 0 Å². The van der Waals surface area contributed by atoms with Gasteiger partial charge in [0.15, 0.2) is 0 Å². The molecule has 0 radical (unpaired) electrons. The van der Waals surface area contributed by atoms with E-state index in [-0.39, 0.29) is 28.2 Å². The predicted octanol–water partition coefficient (Wildman–Crippen LogP) is 3.13. The van der Waals surface area contributed by atoms with Crippen LogP contribution in [0.25, 0.3) is 0 Å². The van der Waals surface area contributed by atoms with Gasteiger partial charge in [-0.2, -0.15) is 0 Å². The van der Waals surface area contributed by atoms with Crippen LogP contribution in [-0.4, -0.2) is 23.7 Å². The molecule has 2 fully saturated rings. The average Bonchev–Trinajstić information content (AvgIpc) is 2.82. The minimum atomic E-state index is -0.323. The lowest BCUT2D eigenvalue weighted by Crippen LogP contribution is -2.63. The van der Waals surface area contributed by atoms with Crippen LogP contribution in [0.5, 0.6) is 0 Å². The molecule has 108 valence electrons. The molecule has 0 bridgehead atoms. The summed E-state index contributed by atoms with van der Waals surface area (Å²) in [6.07, 6.45) is 1.31. The third-order valence-electron chi connectivity index (χ3n) is 4.76. The molecule has 1 aliphatic carbocycles. The third-order valence-corrected chi connectivity index (χ3v) is 4.76. The summed E-state index contributed by atoms with van der Waals surface area (Å²) >= 11 is 0. The van der Waals surface area contributed by atoms with E-state index in [2.05, 4.69) is 19.2 Å². The Bertz CT molecular complexity index is 556. The van der Waals surface area contributed by atoms with Crippen molar-refractivity contribution in [2.24, 2.45) is 11.3 Å². The Labute approximate surface area is 118 Å². The van der Waals surface area contributed by atoms with Gasteiger partial charge in [0.2, 0.25) is 0 Å². The fraction of sp³-hybridized carbons (Fsp3) is 0.600. The Hall–Kier alpha value is -1.62. The molecule has 3 unspecified atom stereocenters. The Kier molecular flexibility index (Phi) is 2.97. The fourth-order valence-electron chi connectivity index (χ4n) is 3.71. The van der Waals surface area contributed by atoms with E-state index in [1.807, 2.05) is 13.0 Å². The van der Waals surface area contributed by atoms with E-state index in [9.17, 15) is 10.1 Å². The van der Waals surface area contributed by atoms with Crippen LogP contribution in [0.3, 0.4) is 0 Å². The maximum Gasteiger partial charge on any atom is 0.292 e. The van der Waals surface area contributed by atoms with Crippen molar-refractivity contribution in [3.8, 4) is 0 Å². The summed E-state index contributed by atoms with van der Waals surface area (Å²) in [5, 5.41) is 14.6. The van der Waals surface area contributed by atoms with E-state index in [1.165, 1.54) is 0 Å². The number of anilines is 1. The van der Waals surface area contributed by atoms with Gasteiger partial charge in [0.05, 0.1) is 11.0 Å². The first-order chi connectivity index (χ1) is 9.41. The maximum absolute atomic E-state index is 11.2. The van der Waals surface area contributed by atoms with Crippen molar-refractivity contribution in [1.82, 2.24) is 0 Å². The van der Waals surface area contributed by atoms with Crippen LogP contribution < -0.4 is 5.32 Å². The molecule has 3 rings (SSSR count). The van der Waals surface area contributed by atoms with Crippen molar-refractivity contribution in [1.29, 1.82) is 0 Å². The zero-order chi connectivity index (χ0) is 14.5. The van der Waals surface area contributed by atoms with Crippen LogP contribution in [0.15, 0.2) is 18.2 Å². The molecule has 5 nitrogen and oxygen atoms in total. The number of nitrogens with zero attached hydrogens (tertiary/aromatic N) is 1. The molecule has 1 aromatic rings. The van der Waals surface area contributed by atoms with Crippen LogP contribution in [-0.2, 0) is 4.74 Å². The maximum atomic E-state index is 11.2. The summed E-state index contributed by atoms with van der Waals surface area (Å²) in [5.41, 5.74) is 1.81. The minimum absolute atomic E-state index is 0.0127. The molecular formula is C15H20N2O3. The monoisotopic (exact) mass is 276 g/mol. The van der Waals surface area contributed by atoms with Gasteiger partial charge in [0, 0.05) is 30.0 Å². The summed E-state index contributed by atoms with van der Waals surface area (Å²) in [5.74, 6) is 0.463. The van der Waals surface area contributed by atoms with Crippen molar-refractivity contribution in [2.75, 3.05) is 11.9 Å². The molecule has 20 heavy (non-hydrogen) atoms. The highest BCUT2D eigenvalue weighted by molar-refractivity contribution is 5.63. The second-order valence-corrected chi connectivity index (χ2v) is 6.47. The highest BCUT2D eigenvalue weighted by Gasteiger charge is 2.59. The summed E-state index contributed by atoms with van der Waals surface area (Å²) < 4.78 is 5.76. The number of rotatable bonds is 3. The van der Waals surface area contributed by atoms with Gasteiger partial charge < -0.3 is 10.1 Å². The highest BCUT2D eigenvalue weighted by atomic mass is 16.6. The van der Waals surface area contributed by atoms with Crippen LogP contribution in [0.2, 0.25) is 0 Å². The van der Waals surface area contributed by atoms with Gasteiger partial charge in [-0.25, -0.2) is 0 Å². The number of nitro groups is 1. The van der Waals surface area contributed by atoms with Crippen LogP contribution in [0, 0.1) is 28.4 Å². The van der Waals surface area contributed by atoms with Gasteiger partial charge in [0.25, 0.3) is 5.69 Å². The van der Waals surface area contributed by atoms with E-state index < -0.39 is 0 Å².